The average molecular weight is 336 g/mol. The molecule has 0 N–H and O–H groups in total. The third-order valence-electron chi connectivity index (χ3n) is 4.23. The second-order valence-electron chi connectivity index (χ2n) is 5.64. The molecule has 2 heterocycles. The van der Waals surface area contributed by atoms with E-state index in [-0.39, 0.29) is 0 Å². The number of nitrogens with zero attached hydrogens (tertiary/aromatic N) is 1. The van der Waals surface area contributed by atoms with Crippen molar-refractivity contribution in [3.8, 4) is 11.5 Å². The van der Waals surface area contributed by atoms with Gasteiger partial charge in [-0.3, -0.25) is 4.90 Å². The molecule has 2 aromatic carbocycles. The molecule has 0 saturated carbocycles. The molecule has 0 aliphatic carbocycles. The maximum Gasteiger partial charge on any atom is 0.231 e. The Morgan fingerprint density at radius 2 is 1.68 bits per heavy atom. The van der Waals surface area contributed by atoms with E-state index in [2.05, 4.69) is 17.0 Å². The fourth-order valence-electron chi connectivity index (χ4n) is 3.05. The fraction of sp³-hybridized carbons (Fsp3) is 0.294. The predicted molar refractivity (Wildman–Crippen MR) is 86.8 cm³/mol. The largest absolute Gasteiger partial charge is 0.454 e. The molecule has 114 valence electrons. The van der Waals surface area contributed by atoms with Crippen LogP contribution in [-0.2, 0) is 19.5 Å². The van der Waals surface area contributed by atoms with Crippen LogP contribution < -0.4 is 9.47 Å². The highest BCUT2D eigenvalue weighted by molar-refractivity contribution is 6.35. The van der Waals surface area contributed by atoms with E-state index < -0.39 is 0 Å². The second-order valence-corrected chi connectivity index (χ2v) is 6.45. The number of rotatable bonds is 2. The molecule has 0 atom stereocenters. The predicted octanol–water partition coefficient (Wildman–Crippen LogP) is 4.28. The molecule has 0 radical (unpaired) electrons. The van der Waals surface area contributed by atoms with Gasteiger partial charge in [-0.1, -0.05) is 29.3 Å². The van der Waals surface area contributed by atoms with Crippen LogP contribution in [0.5, 0.6) is 11.5 Å². The van der Waals surface area contributed by atoms with Crippen LogP contribution in [0.1, 0.15) is 16.7 Å². The molecule has 0 spiro atoms. The van der Waals surface area contributed by atoms with Gasteiger partial charge in [-0.25, -0.2) is 0 Å². The first kappa shape index (κ1) is 14.2. The third kappa shape index (κ3) is 2.54. The zero-order valence-corrected chi connectivity index (χ0v) is 13.5. The Bertz CT molecular complexity index is 713. The van der Waals surface area contributed by atoms with Gasteiger partial charge in [0.1, 0.15) is 0 Å². The Hall–Kier alpha value is -1.42. The number of halogens is 2. The smallest absolute Gasteiger partial charge is 0.231 e. The first-order chi connectivity index (χ1) is 10.7. The summed E-state index contributed by atoms with van der Waals surface area (Å²) in [4.78, 5) is 2.36. The summed E-state index contributed by atoms with van der Waals surface area (Å²) in [6.07, 6.45) is 0.994. The molecule has 2 aliphatic rings. The lowest BCUT2D eigenvalue weighted by Crippen LogP contribution is -2.30. The number of ether oxygens (including phenoxy) is 2. The maximum absolute atomic E-state index is 6.28. The molecular formula is C17H15Cl2NO2. The molecule has 0 bridgehead atoms. The van der Waals surface area contributed by atoms with Crippen LogP contribution in [0.15, 0.2) is 30.3 Å². The van der Waals surface area contributed by atoms with E-state index in [0.717, 1.165) is 53.2 Å². The Kier molecular flexibility index (Phi) is 3.65. The van der Waals surface area contributed by atoms with Crippen molar-refractivity contribution in [3.05, 3.63) is 57.1 Å². The van der Waals surface area contributed by atoms with E-state index in [4.69, 9.17) is 32.7 Å². The van der Waals surface area contributed by atoms with E-state index in [1.807, 2.05) is 18.2 Å². The minimum Gasteiger partial charge on any atom is -0.454 e. The van der Waals surface area contributed by atoms with Gasteiger partial charge in [0.25, 0.3) is 0 Å². The first-order valence-electron chi connectivity index (χ1n) is 7.27. The summed E-state index contributed by atoms with van der Waals surface area (Å²) in [7, 11) is 0. The SMILES string of the molecule is Clc1cccc(Cl)c1CN1CCc2cc3c(cc2C1)OCO3. The van der Waals surface area contributed by atoms with Crippen LogP contribution >= 0.6 is 23.2 Å². The van der Waals surface area contributed by atoms with Gasteiger partial charge >= 0.3 is 0 Å². The van der Waals surface area contributed by atoms with Crippen LogP contribution in [0, 0.1) is 0 Å². The highest BCUT2D eigenvalue weighted by Crippen LogP contribution is 2.37. The summed E-state index contributed by atoms with van der Waals surface area (Å²) in [6, 6.07) is 9.85. The van der Waals surface area contributed by atoms with Crippen molar-refractivity contribution in [1.29, 1.82) is 0 Å². The molecular weight excluding hydrogens is 321 g/mol. The molecule has 0 unspecified atom stereocenters. The van der Waals surface area contributed by atoms with Crippen molar-refractivity contribution in [2.75, 3.05) is 13.3 Å². The second kappa shape index (κ2) is 5.65. The minimum absolute atomic E-state index is 0.317. The quantitative estimate of drug-likeness (QED) is 0.817. The Labute approximate surface area is 139 Å². The molecule has 0 aromatic heterocycles. The van der Waals surface area contributed by atoms with Gasteiger partial charge in [0, 0.05) is 35.2 Å². The molecule has 0 fully saturated rings. The first-order valence-corrected chi connectivity index (χ1v) is 8.03. The van der Waals surface area contributed by atoms with Crippen molar-refractivity contribution in [3.63, 3.8) is 0 Å². The lowest BCUT2D eigenvalue weighted by Gasteiger charge is -2.29. The highest BCUT2D eigenvalue weighted by atomic mass is 35.5. The number of hydrogen-bond acceptors (Lipinski definition) is 3. The van der Waals surface area contributed by atoms with Crippen LogP contribution in [0.4, 0.5) is 0 Å². The van der Waals surface area contributed by atoms with E-state index in [1.54, 1.807) is 0 Å². The number of benzene rings is 2. The summed E-state index contributed by atoms with van der Waals surface area (Å²) in [5, 5.41) is 1.45. The average Bonchev–Trinajstić information content (AvgIpc) is 2.96. The molecule has 22 heavy (non-hydrogen) atoms. The van der Waals surface area contributed by atoms with Crippen molar-refractivity contribution < 1.29 is 9.47 Å². The monoisotopic (exact) mass is 335 g/mol. The number of hydrogen-bond donors (Lipinski definition) is 0. The summed E-state index contributed by atoms with van der Waals surface area (Å²) in [5.41, 5.74) is 3.62. The van der Waals surface area contributed by atoms with Crippen molar-refractivity contribution >= 4 is 23.2 Å². The van der Waals surface area contributed by atoms with Crippen LogP contribution in [0.2, 0.25) is 10.0 Å². The van der Waals surface area contributed by atoms with E-state index >= 15 is 0 Å². The zero-order valence-electron chi connectivity index (χ0n) is 11.9. The van der Waals surface area contributed by atoms with E-state index in [0.29, 0.717) is 6.79 Å². The Morgan fingerprint density at radius 3 is 2.41 bits per heavy atom. The summed E-state index contributed by atoms with van der Waals surface area (Å²) in [6.45, 7) is 2.92. The Balaban J connectivity index is 1.57. The molecule has 3 nitrogen and oxygen atoms in total. The highest BCUT2D eigenvalue weighted by Gasteiger charge is 2.23. The van der Waals surface area contributed by atoms with E-state index in [9.17, 15) is 0 Å². The standard InChI is InChI=1S/C17H15Cl2NO2/c18-14-2-1-3-15(19)13(14)9-20-5-4-11-6-16-17(22-10-21-16)7-12(11)8-20/h1-3,6-7H,4-5,8-10H2. The van der Waals surface area contributed by atoms with Gasteiger partial charge in [-0.2, -0.15) is 0 Å². The molecule has 0 saturated heterocycles. The van der Waals surface area contributed by atoms with Crippen molar-refractivity contribution in [1.82, 2.24) is 4.90 Å². The minimum atomic E-state index is 0.317. The lowest BCUT2D eigenvalue weighted by atomic mass is 9.98. The fourth-order valence-corrected chi connectivity index (χ4v) is 3.56. The summed E-state index contributed by atoms with van der Waals surface area (Å²) >= 11 is 12.6. The molecule has 4 rings (SSSR count). The van der Waals surface area contributed by atoms with Gasteiger partial charge in [-0.05, 0) is 41.8 Å². The van der Waals surface area contributed by atoms with Crippen molar-refractivity contribution in [2.45, 2.75) is 19.5 Å². The van der Waals surface area contributed by atoms with E-state index in [1.165, 1.54) is 11.1 Å². The van der Waals surface area contributed by atoms with Crippen LogP contribution in [0.25, 0.3) is 0 Å². The molecule has 2 aliphatic heterocycles. The normalized spacial score (nSPS) is 16.6. The molecule has 2 aromatic rings. The molecule has 0 amide bonds. The number of fused-ring (bicyclic) bond motifs is 2. The Morgan fingerprint density at radius 1 is 1.00 bits per heavy atom. The van der Waals surface area contributed by atoms with Crippen LogP contribution in [0.3, 0.4) is 0 Å². The molecule has 5 heteroatoms. The third-order valence-corrected chi connectivity index (χ3v) is 4.94. The lowest BCUT2D eigenvalue weighted by molar-refractivity contribution is 0.174. The summed E-state index contributed by atoms with van der Waals surface area (Å²) in [5.74, 6) is 1.71. The van der Waals surface area contributed by atoms with Gasteiger partial charge in [0.2, 0.25) is 6.79 Å². The van der Waals surface area contributed by atoms with Gasteiger partial charge < -0.3 is 9.47 Å². The van der Waals surface area contributed by atoms with Crippen molar-refractivity contribution in [2.24, 2.45) is 0 Å². The summed E-state index contributed by atoms with van der Waals surface area (Å²) < 4.78 is 10.9. The van der Waals surface area contributed by atoms with Gasteiger partial charge in [0.05, 0.1) is 0 Å². The van der Waals surface area contributed by atoms with Gasteiger partial charge in [-0.15, -0.1) is 0 Å². The maximum atomic E-state index is 6.28. The topological polar surface area (TPSA) is 21.7 Å². The van der Waals surface area contributed by atoms with Gasteiger partial charge in [0.15, 0.2) is 11.5 Å². The zero-order chi connectivity index (χ0) is 15.1. The van der Waals surface area contributed by atoms with Crippen LogP contribution in [-0.4, -0.2) is 18.2 Å².